The van der Waals surface area contributed by atoms with Crippen LogP contribution in [-0.2, 0) is 9.59 Å². The lowest BCUT2D eigenvalue weighted by Gasteiger charge is -2.22. The van der Waals surface area contributed by atoms with Gasteiger partial charge >= 0.3 is 0 Å². The fraction of sp³-hybridized carbons (Fsp3) is 0.459. The van der Waals surface area contributed by atoms with Gasteiger partial charge < -0.3 is 21.3 Å². The van der Waals surface area contributed by atoms with E-state index < -0.39 is 0 Å². The van der Waals surface area contributed by atoms with E-state index in [1.54, 1.807) is 0 Å². The molecular weight excluding hydrogens is 532 g/mol. The minimum atomic E-state index is -0.0874. The number of benzene rings is 3. The number of carbonyl (C=O) groups excluding carboxylic acids is 2. The Morgan fingerprint density at radius 1 is 0.488 bits per heavy atom. The topological polar surface area (TPSA) is 82.3 Å². The molecule has 2 saturated heterocycles. The van der Waals surface area contributed by atoms with Crippen LogP contribution in [0.3, 0.4) is 0 Å². The molecule has 6 heteroatoms. The van der Waals surface area contributed by atoms with Crippen LogP contribution in [0, 0.1) is 0 Å². The summed E-state index contributed by atoms with van der Waals surface area (Å²) < 4.78 is 0. The summed E-state index contributed by atoms with van der Waals surface area (Å²) >= 11 is 0. The van der Waals surface area contributed by atoms with Gasteiger partial charge in [-0.3, -0.25) is 9.59 Å². The summed E-state index contributed by atoms with van der Waals surface area (Å²) in [6, 6.07) is 26.3. The number of hydrogen-bond acceptors (Lipinski definition) is 4. The first-order valence-corrected chi connectivity index (χ1v) is 16.5. The summed E-state index contributed by atoms with van der Waals surface area (Å²) in [6.45, 7) is 1.82. The first-order chi connectivity index (χ1) is 21.1. The minimum Gasteiger partial charge on any atom is -0.325 e. The molecule has 0 bridgehead atoms. The predicted octanol–water partition coefficient (Wildman–Crippen LogP) is 6.78. The summed E-state index contributed by atoms with van der Waals surface area (Å²) in [5.41, 5.74) is 7.19. The second kappa shape index (κ2) is 12.6. The number of nitrogens with one attached hydrogen (secondary N) is 4. The van der Waals surface area contributed by atoms with Crippen LogP contribution < -0.4 is 21.3 Å². The second-order valence-electron chi connectivity index (χ2n) is 13.1. The SMILES string of the molecule is O=C(Nc1ccc(C2C(c3ccc(NC(=O)C4CCCN4)cc3)C2c2ccc(C3CCCCC3)cc2)cc1)C1CCCN1. The Labute approximate surface area is 255 Å². The van der Waals surface area contributed by atoms with Crippen LogP contribution in [-0.4, -0.2) is 37.0 Å². The maximum absolute atomic E-state index is 12.6. The maximum Gasteiger partial charge on any atom is 0.241 e. The molecule has 2 aliphatic carbocycles. The molecule has 2 aliphatic heterocycles. The standard InChI is InChI=1S/C37H44N4O2/c42-36(31-8-4-22-38-31)40-29-18-14-27(15-19-29)34-33(26-12-10-25(11-13-26)24-6-2-1-3-7-24)35(34)28-16-20-30(21-17-28)41-37(43)32-9-5-23-39-32/h10-21,24,31-35,38-39H,1-9,22-23H2,(H,40,42)(H,41,43). The van der Waals surface area contributed by atoms with Crippen LogP contribution in [0.25, 0.3) is 0 Å². The van der Waals surface area contributed by atoms with E-state index in [9.17, 15) is 9.59 Å². The fourth-order valence-corrected chi connectivity index (χ4v) is 7.83. The maximum atomic E-state index is 12.6. The van der Waals surface area contributed by atoms with E-state index >= 15 is 0 Å². The minimum absolute atomic E-state index is 0.0568. The number of rotatable bonds is 8. The van der Waals surface area contributed by atoms with Gasteiger partial charge in [-0.05, 0) is 122 Å². The summed E-state index contributed by atoms with van der Waals surface area (Å²) in [5.74, 6) is 1.95. The van der Waals surface area contributed by atoms with Crippen LogP contribution in [0.1, 0.15) is 104 Å². The van der Waals surface area contributed by atoms with Crippen LogP contribution in [0.5, 0.6) is 0 Å². The van der Waals surface area contributed by atoms with Crippen molar-refractivity contribution in [2.24, 2.45) is 0 Å². The third-order valence-corrected chi connectivity index (χ3v) is 10.3. The van der Waals surface area contributed by atoms with E-state index in [0.29, 0.717) is 23.7 Å². The highest BCUT2D eigenvalue weighted by molar-refractivity contribution is 5.95. The second-order valence-corrected chi connectivity index (χ2v) is 13.1. The zero-order chi connectivity index (χ0) is 29.2. The van der Waals surface area contributed by atoms with Crippen LogP contribution >= 0.6 is 0 Å². The fourth-order valence-electron chi connectivity index (χ4n) is 7.83. The molecule has 0 radical (unpaired) electrons. The van der Waals surface area contributed by atoms with Crippen LogP contribution in [0.4, 0.5) is 11.4 Å². The first kappa shape index (κ1) is 28.3. The van der Waals surface area contributed by atoms with Gasteiger partial charge in [-0.25, -0.2) is 0 Å². The van der Waals surface area contributed by atoms with Crippen molar-refractivity contribution >= 4 is 23.2 Å². The van der Waals surface area contributed by atoms with Gasteiger partial charge in [0.15, 0.2) is 0 Å². The van der Waals surface area contributed by atoms with Gasteiger partial charge in [0.2, 0.25) is 11.8 Å². The number of carbonyl (C=O) groups is 2. The summed E-state index contributed by atoms with van der Waals surface area (Å²) in [4.78, 5) is 25.3. The van der Waals surface area contributed by atoms with Crippen molar-refractivity contribution in [3.8, 4) is 0 Å². The lowest BCUT2D eigenvalue weighted by Crippen LogP contribution is -2.35. The molecule has 224 valence electrons. The molecule has 4 fully saturated rings. The summed E-state index contributed by atoms with van der Waals surface area (Å²) in [6.07, 6.45) is 10.6. The molecule has 4 N–H and O–H groups in total. The van der Waals surface area contributed by atoms with Gasteiger partial charge in [-0.1, -0.05) is 67.8 Å². The smallest absolute Gasteiger partial charge is 0.241 e. The largest absolute Gasteiger partial charge is 0.325 e. The van der Waals surface area contributed by atoms with E-state index in [4.69, 9.17) is 0 Å². The highest BCUT2D eigenvalue weighted by Crippen LogP contribution is 2.66. The molecule has 6 nitrogen and oxygen atoms in total. The molecule has 4 unspecified atom stereocenters. The molecular formula is C37H44N4O2. The molecule has 4 atom stereocenters. The lowest BCUT2D eigenvalue weighted by atomic mass is 9.83. The van der Waals surface area contributed by atoms with E-state index in [1.165, 1.54) is 54.4 Å². The van der Waals surface area contributed by atoms with Crippen molar-refractivity contribution in [3.63, 3.8) is 0 Å². The average molecular weight is 577 g/mol. The molecule has 43 heavy (non-hydrogen) atoms. The monoisotopic (exact) mass is 576 g/mol. The number of anilines is 2. The third kappa shape index (κ3) is 6.27. The van der Waals surface area contributed by atoms with Crippen molar-refractivity contribution in [2.45, 2.75) is 93.5 Å². The van der Waals surface area contributed by atoms with Gasteiger partial charge in [-0.2, -0.15) is 0 Å². The lowest BCUT2D eigenvalue weighted by molar-refractivity contribution is -0.118. The van der Waals surface area contributed by atoms with Gasteiger partial charge in [0.1, 0.15) is 0 Å². The average Bonchev–Trinajstić information content (AvgIpc) is 3.40. The van der Waals surface area contributed by atoms with Crippen molar-refractivity contribution in [2.75, 3.05) is 23.7 Å². The quantitative estimate of drug-likeness (QED) is 0.238. The van der Waals surface area contributed by atoms with Crippen molar-refractivity contribution < 1.29 is 9.59 Å². The zero-order valence-corrected chi connectivity index (χ0v) is 25.0. The highest BCUT2D eigenvalue weighted by Gasteiger charge is 2.52. The van der Waals surface area contributed by atoms with Gasteiger partial charge in [0.05, 0.1) is 12.1 Å². The Morgan fingerprint density at radius 2 is 0.884 bits per heavy atom. The molecule has 2 heterocycles. The number of amides is 2. The molecule has 3 aromatic carbocycles. The highest BCUT2D eigenvalue weighted by atomic mass is 16.2. The number of hydrogen-bond donors (Lipinski definition) is 4. The van der Waals surface area contributed by atoms with Crippen LogP contribution in [0.15, 0.2) is 72.8 Å². The van der Waals surface area contributed by atoms with Gasteiger partial charge in [0.25, 0.3) is 0 Å². The third-order valence-electron chi connectivity index (χ3n) is 10.3. The Bertz CT molecular complexity index is 1320. The predicted molar refractivity (Wildman–Crippen MR) is 173 cm³/mol. The molecule has 0 aromatic heterocycles. The summed E-state index contributed by atoms with van der Waals surface area (Å²) in [5, 5.41) is 12.7. The molecule has 0 spiro atoms. The summed E-state index contributed by atoms with van der Waals surface area (Å²) in [7, 11) is 0. The van der Waals surface area contributed by atoms with Crippen LogP contribution in [0.2, 0.25) is 0 Å². The van der Waals surface area contributed by atoms with Crippen molar-refractivity contribution in [1.29, 1.82) is 0 Å². The zero-order valence-electron chi connectivity index (χ0n) is 25.0. The van der Waals surface area contributed by atoms with E-state index in [1.807, 2.05) is 0 Å². The molecule has 4 aliphatic rings. The Morgan fingerprint density at radius 3 is 1.28 bits per heavy atom. The Hall–Kier alpha value is -3.48. The molecule has 2 amide bonds. The first-order valence-electron chi connectivity index (χ1n) is 16.5. The van der Waals surface area contributed by atoms with E-state index in [0.717, 1.165) is 50.1 Å². The van der Waals surface area contributed by atoms with Crippen molar-refractivity contribution in [3.05, 3.63) is 95.1 Å². The van der Waals surface area contributed by atoms with Gasteiger partial charge in [-0.15, -0.1) is 0 Å². The van der Waals surface area contributed by atoms with Gasteiger partial charge in [0, 0.05) is 11.4 Å². The van der Waals surface area contributed by atoms with Crippen molar-refractivity contribution in [1.82, 2.24) is 10.6 Å². The van der Waals surface area contributed by atoms with E-state index in [2.05, 4.69) is 94.1 Å². The Kier molecular flexibility index (Phi) is 8.31. The normalized spacial score (nSPS) is 27.1. The Balaban J connectivity index is 1.09. The molecule has 2 saturated carbocycles. The molecule has 3 aromatic rings. The molecule has 7 rings (SSSR count). The van der Waals surface area contributed by atoms with E-state index in [-0.39, 0.29) is 23.9 Å².